The van der Waals surface area contributed by atoms with Crippen molar-refractivity contribution in [2.45, 2.75) is 77.2 Å². The van der Waals surface area contributed by atoms with Gasteiger partial charge in [-0.3, -0.25) is 10.1 Å². The standard InChI is InChI=1S/C20H29N3O4/c1-13(17(24)22-18(25)23-19(2,3)4)21-14-8-9-15-16(12-14)27-20(26-15)10-6-5-7-11-20/h8-9,12-13,21H,5-7,10-11H2,1-4H3,(H2,22,23,24,25). The number of carbonyl (C=O) groups excluding carboxylic acids is 2. The minimum atomic E-state index is -0.584. The number of hydrogen-bond acceptors (Lipinski definition) is 5. The first kappa shape index (κ1) is 19.3. The normalized spacial score (nSPS) is 18.7. The van der Waals surface area contributed by atoms with Crippen molar-refractivity contribution in [2.75, 3.05) is 5.32 Å². The molecule has 1 fully saturated rings. The second-order valence-corrected chi connectivity index (χ2v) is 8.40. The Kier molecular flexibility index (Phi) is 5.22. The lowest BCUT2D eigenvalue weighted by Gasteiger charge is -2.31. The van der Waals surface area contributed by atoms with E-state index in [9.17, 15) is 9.59 Å². The van der Waals surface area contributed by atoms with E-state index in [0.717, 1.165) is 37.1 Å². The van der Waals surface area contributed by atoms with Gasteiger partial charge in [0, 0.05) is 30.1 Å². The van der Waals surface area contributed by atoms with Gasteiger partial charge in [0.25, 0.3) is 5.79 Å². The number of benzene rings is 1. The number of rotatable bonds is 3. The van der Waals surface area contributed by atoms with Crippen LogP contribution in [0.1, 0.15) is 59.8 Å². The Bertz CT molecular complexity index is 720. The van der Waals surface area contributed by atoms with Crippen LogP contribution in [0.4, 0.5) is 10.5 Å². The zero-order chi connectivity index (χ0) is 19.7. The summed E-state index contributed by atoms with van der Waals surface area (Å²) >= 11 is 0. The Morgan fingerprint density at radius 2 is 1.74 bits per heavy atom. The average molecular weight is 375 g/mol. The Hall–Kier alpha value is -2.44. The number of amides is 3. The molecule has 148 valence electrons. The fourth-order valence-electron chi connectivity index (χ4n) is 3.39. The van der Waals surface area contributed by atoms with E-state index in [-0.39, 0.29) is 0 Å². The zero-order valence-corrected chi connectivity index (χ0v) is 16.5. The van der Waals surface area contributed by atoms with Crippen LogP contribution in [0.2, 0.25) is 0 Å². The van der Waals surface area contributed by atoms with E-state index in [1.165, 1.54) is 6.42 Å². The van der Waals surface area contributed by atoms with Gasteiger partial charge in [-0.05, 0) is 52.7 Å². The van der Waals surface area contributed by atoms with E-state index >= 15 is 0 Å². The Morgan fingerprint density at radius 1 is 1.07 bits per heavy atom. The lowest BCUT2D eigenvalue weighted by Crippen LogP contribution is -2.51. The average Bonchev–Trinajstić information content (AvgIpc) is 2.90. The molecular weight excluding hydrogens is 346 g/mol. The lowest BCUT2D eigenvalue weighted by atomic mass is 9.94. The van der Waals surface area contributed by atoms with Gasteiger partial charge in [0.15, 0.2) is 11.5 Å². The molecule has 3 N–H and O–H groups in total. The maximum atomic E-state index is 12.2. The van der Waals surface area contributed by atoms with Gasteiger partial charge in [0.1, 0.15) is 6.04 Å². The molecule has 1 atom stereocenters. The van der Waals surface area contributed by atoms with Gasteiger partial charge in [-0.2, -0.15) is 0 Å². The number of nitrogens with one attached hydrogen (secondary N) is 3. The summed E-state index contributed by atoms with van der Waals surface area (Å²) in [5.74, 6) is 0.509. The predicted molar refractivity (Wildman–Crippen MR) is 103 cm³/mol. The van der Waals surface area contributed by atoms with Crippen LogP contribution in [-0.2, 0) is 4.79 Å². The van der Waals surface area contributed by atoms with E-state index < -0.39 is 29.3 Å². The molecule has 1 aliphatic carbocycles. The number of urea groups is 1. The minimum absolute atomic E-state index is 0.404. The number of anilines is 1. The summed E-state index contributed by atoms with van der Waals surface area (Å²) in [6, 6.07) is 4.46. The second-order valence-electron chi connectivity index (χ2n) is 8.40. The molecule has 2 aliphatic rings. The highest BCUT2D eigenvalue weighted by Crippen LogP contribution is 2.46. The van der Waals surface area contributed by atoms with Crippen LogP contribution in [-0.4, -0.2) is 29.3 Å². The number of fused-ring (bicyclic) bond motifs is 1. The van der Waals surface area contributed by atoms with Crippen molar-refractivity contribution < 1.29 is 19.1 Å². The lowest BCUT2D eigenvalue weighted by molar-refractivity contribution is -0.120. The Labute approximate surface area is 160 Å². The Morgan fingerprint density at radius 3 is 2.41 bits per heavy atom. The van der Waals surface area contributed by atoms with Crippen LogP contribution >= 0.6 is 0 Å². The van der Waals surface area contributed by atoms with E-state index in [1.807, 2.05) is 39.0 Å². The fourth-order valence-corrected chi connectivity index (χ4v) is 3.39. The van der Waals surface area contributed by atoms with Crippen LogP contribution in [0.15, 0.2) is 18.2 Å². The smallest absolute Gasteiger partial charge is 0.321 e. The molecule has 1 aromatic rings. The van der Waals surface area contributed by atoms with E-state index in [0.29, 0.717) is 5.75 Å². The third-order valence-electron chi connectivity index (χ3n) is 4.65. The van der Waals surface area contributed by atoms with Crippen molar-refractivity contribution in [3.63, 3.8) is 0 Å². The topological polar surface area (TPSA) is 88.7 Å². The summed E-state index contributed by atoms with van der Waals surface area (Å²) in [5, 5.41) is 8.15. The molecular formula is C20H29N3O4. The van der Waals surface area contributed by atoms with Crippen molar-refractivity contribution in [1.29, 1.82) is 0 Å². The highest BCUT2D eigenvalue weighted by atomic mass is 16.7. The third-order valence-corrected chi connectivity index (χ3v) is 4.65. The van der Waals surface area contributed by atoms with Crippen LogP contribution in [0.25, 0.3) is 0 Å². The highest BCUT2D eigenvalue weighted by Gasteiger charge is 2.42. The number of ether oxygens (including phenoxy) is 2. The first-order valence-electron chi connectivity index (χ1n) is 9.57. The van der Waals surface area contributed by atoms with Crippen LogP contribution < -0.4 is 25.4 Å². The van der Waals surface area contributed by atoms with Crippen molar-refractivity contribution in [2.24, 2.45) is 0 Å². The fraction of sp³-hybridized carbons (Fsp3) is 0.600. The maximum absolute atomic E-state index is 12.2. The van der Waals surface area contributed by atoms with Crippen LogP contribution in [0.5, 0.6) is 11.5 Å². The van der Waals surface area contributed by atoms with Crippen LogP contribution in [0, 0.1) is 0 Å². The molecule has 27 heavy (non-hydrogen) atoms. The highest BCUT2D eigenvalue weighted by molar-refractivity contribution is 5.98. The number of carbonyl (C=O) groups is 2. The van der Waals surface area contributed by atoms with Gasteiger partial charge >= 0.3 is 6.03 Å². The molecule has 7 nitrogen and oxygen atoms in total. The molecule has 1 aliphatic heterocycles. The summed E-state index contributed by atoms with van der Waals surface area (Å²) in [7, 11) is 0. The van der Waals surface area contributed by atoms with Crippen molar-refractivity contribution in [3.8, 4) is 11.5 Å². The van der Waals surface area contributed by atoms with E-state index in [4.69, 9.17) is 9.47 Å². The first-order chi connectivity index (χ1) is 12.7. The molecule has 3 rings (SSSR count). The Balaban J connectivity index is 1.58. The third kappa shape index (κ3) is 4.84. The van der Waals surface area contributed by atoms with Gasteiger partial charge in [-0.15, -0.1) is 0 Å². The molecule has 1 heterocycles. The summed E-state index contributed by atoms with van der Waals surface area (Å²) in [5.41, 5.74) is 0.331. The van der Waals surface area contributed by atoms with Crippen molar-refractivity contribution in [3.05, 3.63) is 18.2 Å². The van der Waals surface area contributed by atoms with Crippen molar-refractivity contribution in [1.82, 2.24) is 10.6 Å². The van der Waals surface area contributed by atoms with E-state index in [2.05, 4.69) is 16.0 Å². The quantitative estimate of drug-likeness (QED) is 0.752. The molecule has 7 heteroatoms. The maximum Gasteiger partial charge on any atom is 0.321 e. The predicted octanol–water partition coefficient (Wildman–Crippen LogP) is 3.54. The van der Waals surface area contributed by atoms with Gasteiger partial charge in [0.2, 0.25) is 5.91 Å². The second kappa shape index (κ2) is 7.29. The summed E-state index contributed by atoms with van der Waals surface area (Å²) in [6.45, 7) is 7.26. The molecule has 0 saturated heterocycles. The molecule has 1 unspecified atom stereocenters. The largest absolute Gasteiger partial charge is 0.448 e. The molecule has 1 aromatic carbocycles. The van der Waals surface area contributed by atoms with Crippen molar-refractivity contribution >= 4 is 17.6 Å². The molecule has 3 amide bonds. The SMILES string of the molecule is CC(Nc1ccc2c(c1)OC1(CCCCC1)O2)C(=O)NC(=O)NC(C)(C)C. The van der Waals surface area contributed by atoms with Gasteiger partial charge in [-0.1, -0.05) is 6.42 Å². The molecule has 0 radical (unpaired) electrons. The van der Waals surface area contributed by atoms with Crippen LogP contribution in [0.3, 0.4) is 0 Å². The summed E-state index contributed by atoms with van der Waals surface area (Å²) in [6.07, 6.45) is 5.21. The molecule has 0 aromatic heterocycles. The molecule has 1 spiro atoms. The molecule has 0 bridgehead atoms. The molecule has 1 saturated carbocycles. The first-order valence-corrected chi connectivity index (χ1v) is 9.57. The summed E-state index contributed by atoms with van der Waals surface area (Å²) < 4.78 is 12.2. The zero-order valence-electron chi connectivity index (χ0n) is 16.5. The van der Waals surface area contributed by atoms with Gasteiger partial charge in [0.05, 0.1) is 0 Å². The monoisotopic (exact) mass is 375 g/mol. The van der Waals surface area contributed by atoms with Gasteiger partial charge in [-0.25, -0.2) is 4.79 Å². The van der Waals surface area contributed by atoms with Gasteiger partial charge < -0.3 is 20.1 Å². The number of hydrogen-bond donors (Lipinski definition) is 3. The number of imide groups is 1. The summed E-state index contributed by atoms with van der Waals surface area (Å²) in [4.78, 5) is 24.1. The minimum Gasteiger partial charge on any atom is -0.448 e. The van der Waals surface area contributed by atoms with E-state index in [1.54, 1.807) is 6.92 Å².